The molecule has 2 atom stereocenters. The molecule has 202 valence electrons. The van der Waals surface area contributed by atoms with Crippen molar-refractivity contribution < 1.29 is 22.6 Å². The predicted molar refractivity (Wildman–Crippen MR) is 144 cm³/mol. The average molecular weight is 565 g/mol. The number of ether oxygens (including phenoxy) is 2. The molecule has 2 unspecified atom stereocenters. The Morgan fingerprint density at radius 2 is 1.76 bits per heavy atom. The van der Waals surface area contributed by atoms with Gasteiger partial charge in [-0.05, 0) is 55.1 Å². The standard InChI is InChI=1S/C27H28ClF3N4O2S/c1-33-11-17-13-34(14-18(17)12-33)21-10-20(29)27(26(31)25(21)28)38-35(24-6-4-5-23(30)32-24)15-16-7-8-19(36-2)9-22(16)37-3/h4-10,17-18H,11-15H2,1-3H3. The van der Waals surface area contributed by atoms with E-state index >= 15 is 8.78 Å². The zero-order valence-electron chi connectivity index (χ0n) is 21.3. The molecule has 3 aromatic rings. The van der Waals surface area contributed by atoms with Gasteiger partial charge in [-0.15, -0.1) is 0 Å². The van der Waals surface area contributed by atoms with Crippen LogP contribution in [0.4, 0.5) is 24.7 Å². The van der Waals surface area contributed by atoms with Crippen LogP contribution in [0.25, 0.3) is 0 Å². The first-order chi connectivity index (χ1) is 18.3. The SMILES string of the molecule is COc1ccc(CN(Sc2c(F)cc(N3CC4CN(C)CC4C3)c(Cl)c2F)c2cccc(F)n2)c(OC)c1. The van der Waals surface area contributed by atoms with Crippen molar-refractivity contribution in [3.05, 3.63) is 70.6 Å². The quantitative estimate of drug-likeness (QED) is 0.192. The summed E-state index contributed by atoms with van der Waals surface area (Å²) < 4.78 is 57.5. The number of halogens is 4. The van der Waals surface area contributed by atoms with Gasteiger partial charge in [0.15, 0.2) is 5.82 Å². The number of hydrogen-bond acceptors (Lipinski definition) is 7. The maximum atomic E-state index is 15.7. The van der Waals surface area contributed by atoms with Crippen LogP contribution in [0.15, 0.2) is 47.4 Å². The number of nitrogens with zero attached hydrogens (tertiary/aromatic N) is 4. The number of likely N-dealkylation sites (tertiary alicyclic amines) is 1. The smallest absolute Gasteiger partial charge is 0.214 e. The minimum absolute atomic E-state index is 0.107. The molecule has 0 N–H and O–H groups in total. The van der Waals surface area contributed by atoms with Crippen LogP contribution in [-0.2, 0) is 6.54 Å². The number of hydrogen-bond donors (Lipinski definition) is 0. The van der Waals surface area contributed by atoms with E-state index in [4.69, 9.17) is 21.1 Å². The van der Waals surface area contributed by atoms with Gasteiger partial charge in [0.05, 0.1) is 26.5 Å². The fourth-order valence-corrected chi connectivity index (χ4v) is 6.52. The number of anilines is 2. The third-order valence-corrected chi connectivity index (χ3v) is 8.53. The molecule has 0 saturated carbocycles. The van der Waals surface area contributed by atoms with Crippen LogP contribution in [0.5, 0.6) is 11.5 Å². The Labute approximate surface area is 229 Å². The Kier molecular flexibility index (Phi) is 7.83. The molecule has 0 aliphatic carbocycles. The average Bonchev–Trinajstić information content (AvgIpc) is 3.45. The predicted octanol–water partition coefficient (Wildman–Crippen LogP) is 5.88. The highest BCUT2D eigenvalue weighted by atomic mass is 35.5. The van der Waals surface area contributed by atoms with Crippen LogP contribution in [0.1, 0.15) is 5.56 Å². The van der Waals surface area contributed by atoms with Gasteiger partial charge in [0.25, 0.3) is 0 Å². The Hall–Kier alpha value is -2.82. The van der Waals surface area contributed by atoms with Crippen molar-refractivity contribution in [3.63, 3.8) is 0 Å². The molecule has 2 aromatic carbocycles. The summed E-state index contributed by atoms with van der Waals surface area (Å²) in [6.07, 6.45) is 0. The molecule has 0 radical (unpaired) electrons. The minimum atomic E-state index is -0.857. The molecule has 6 nitrogen and oxygen atoms in total. The van der Waals surface area contributed by atoms with Gasteiger partial charge in [-0.1, -0.05) is 17.7 Å². The maximum absolute atomic E-state index is 15.7. The molecule has 3 heterocycles. The zero-order valence-corrected chi connectivity index (χ0v) is 22.8. The molecular formula is C27H28ClF3N4O2S. The lowest BCUT2D eigenvalue weighted by Gasteiger charge is -2.26. The second kappa shape index (κ2) is 11.1. The highest BCUT2D eigenvalue weighted by molar-refractivity contribution is 8.00. The number of methoxy groups -OCH3 is 2. The summed E-state index contributed by atoms with van der Waals surface area (Å²) in [5.41, 5.74) is 1.04. The largest absolute Gasteiger partial charge is 0.497 e. The summed E-state index contributed by atoms with van der Waals surface area (Å²) in [5, 5.41) is -0.128. The topological polar surface area (TPSA) is 41.1 Å². The lowest BCUT2D eigenvalue weighted by Crippen LogP contribution is -2.27. The van der Waals surface area contributed by atoms with Gasteiger partial charge in [0, 0.05) is 43.9 Å². The van der Waals surface area contributed by atoms with Crippen molar-refractivity contribution in [2.75, 3.05) is 56.7 Å². The molecule has 2 aliphatic heterocycles. The highest BCUT2D eigenvalue weighted by Gasteiger charge is 2.40. The molecular weight excluding hydrogens is 537 g/mol. The van der Waals surface area contributed by atoms with Crippen LogP contribution >= 0.6 is 23.5 Å². The lowest BCUT2D eigenvalue weighted by molar-refractivity contribution is 0.387. The van der Waals surface area contributed by atoms with Gasteiger partial charge < -0.3 is 19.3 Å². The van der Waals surface area contributed by atoms with Crippen LogP contribution < -0.4 is 18.7 Å². The van der Waals surface area contributed by atoms with Crippen molar-refractivity contribution in [2.45, 2.75) is 11.4 Å². The number of rotatable bonds is 8. The van der Waals surface area contributed by atoms with Crippen molar-refractivity contribution >= 4 is 35.1 Å². The summed E-state index contributed by atoms with van der Waals surface area (Å²) >= 11 is 7.26. The first kappa shape index (κ1) is 26.8. The molecule has 5 rings (SSSR count). The van der Waals surface area contributed by atoms with E-state index in [1.165, 1.54) is 29.6 Å². The molecule has 0 spiro atoms. The number of pyridine rings is 1. The number of fused-ring (bicyclic) bond motifs is 1. The Balaban J connectivity index is 1.46. The first-order valence-electron chi connectivity index (χ1n) is 12.2. The van der Waals surface area contributed by atoms with Gasteiger partial charge in [0.1, 0.15) is 33.1 Å². The summed E-state index contributed by atoms with van der Waals surface area (Å²) in [7, 11) is 5.14. The lowest BCUT2D eigenvalue weighted by atomic mass is 10.0. The summed E-state index contributed by atoms with van der Waals surface area (Å²) in [6, 6.07) is 10.8. The van der Waals surface area contributed by atoms with E-state index in [1.54, 1.807) is 31.4 Å². The molecule has 11 heteroatoms. The molecule has 2 aliphatic rings. The van der Waals surface area contributed by atoms with Crippen molar-refractivity contribution in [1.82, 2.24) is 9.88 Å². The molecule has 0 amide bonds. The third kappa shape index (κ3) is 5.34. The Morgan fingerprint density at radius 3 is 2.42 bits per heavy atom. The van der Waals surface area contributed by atoms with Gasteiger partial charge in [0.2, 0.25) is 5.95 Å². The molecule has 38 heavy (non-hydrogen) atoms. The minimum Gasteiger partial charge on any atom is -0.497 e. The van der Waals surface area contributed by atoms with E-state index in [9.17, 15) is 4.39 Å². The monoisotopic (exact) mass is 564 g/mol. The number of aromatic nitrogens is 1. The van der Waals surface area contributed by atoms with E-state index in [-0.39, 0.29) is 22.3 Å². The molecule has 0 bridgehead atoms. The van der Waals surface area contributed by atoms with Crippen LogP contribution in [0.3, 0.4) is 0 Å². The van der Waals surface area contributed by atoms with Crippen molar-refractivity contribution in [1.29, 1.82) is 0 Å². The fourth-order valence-electron chi connectivity index (χ4n) is 5.25. The third-order valence-electron chi connectivity index (χ3n) is 7.07. The Morgan fingerprint density at radius 1 is 1.03 bits per heavy atom. The van der Waals surface area contributed by atoms with Gasteiger partial charge in [-0.2, -0.15) is 4.39 Å². The van der Waals surface area contributed by atoms with Gasteiger partial charge in [-0.3, -0.25) is 4.31 Å². The van der Waals surface area contributed by atoms with Gasteiger partial charge in [-0.25, -0.2) is 13.8 Å². The first-order valence-corrected chi connectivity index (χ1v) is 13.3. The van der Waals surface area contributed by atoms with Gasteiger partial charge >= 0.3 is 0 Å². The van der Waals surface area contributed by atoms with E-state index in [0.29, 0.717) is 47.7 Å². The summed E-state index contributed by atoms with van der Waals surface area (Å²) in [4.78, 5) is 7.90. The highest BCUT2D eigenvalue weighted by Crippen LogP contribution is 2.43. The summed E-state index contributed by atoms with van der Waals surface area (Å²) in [5.74, 6) is -0.141. The Bertz CT molecular complexity index is 1320. The van der Waals surface area contributed by atoms with E-state index in [2.05, 4.69) is 16.9 Å². The maximum Gasteiger partial charge on any atom is 0.214 e. The second-order valence-corrected chi connectivity index (χ2v) is 11.0. The van der Waals surface area contributed by atoms with Crippen LogP contribution in [0.2, 0.25) is 5.02 Å². The molecule has 2 saturated heterocycles. The number of benzene rings is 2. The van der Waals surface area contributed by atoms with Crippen molar-refractivity contribution in [3.8, 4) is 11.5 Å². The molecule has 2 fully saturated rings. The zero-order chi connectivity index (χ0) is 27.0. The van der Waals surface area contributed by atoms with Crippen molar-refractivity contribution in [2.24, 2.45) is 11.8 Å². The molecule has 1 aromatic heterocycles. The normalized spacial score (nSPS) is 19.1. The summed E-state index contributed by atoms with van der Waals surface area (Å²) in [6.45, 7) is 3.44. The van der Waals surface area contributed by atoms with E-state index in [0.717, 1.165) is 25.0 Å². The fraction of sp³-hybridized carbons (Fsp3) is 0.370. The van der Waals surface area contributed by atoms with Crippen LogP contribution in [-0.4, -0.2) is 57.3 Å². The van der Waals surface area contributed by atoms with E-state index < -0.39 is 17.6 Å². The van der Waals surface area contributed by atoms with E-state index in [1.807, 2.05) is 4.90 Å². The van der Waals surface area contributed by atoms with Crippen LogP contribution in [0, 0.1) is 29.4 Å². The second-order valence-electron chi connectivity index (χ2n) is 9.61.